The van der Waals surface area contributed by atoms with Crippen LogP contribution in [0, 0.1) is 0 Å². The van der Waals surface area contributed by atoms with Crippen molar-refractivity contribution < 1.29 is 4.79 Å². The summed E-state index contributed by atoms with van der Waals surface area (Å²) in [6.07, 6.45) is 2.68. The van der Waals surface area contributed by atoms with Crippen LogP contribution in [0.1, 0.15) is 37.7 Å². The number of aryl methyl sites for hydroxylation is 1. The number of carbonyl (C=O) groups is 1. The highest BCUT2D eigenvalue weighted by Gasteiger charge is 2.29. The predicted molar refractivity (Wildman–Crippen MR) is 55.2 cm³/mol. The standard InChI is InChI=1S/C10H16N4O/c1-3-8-10-9(5-6-13(8)7-15)14(4-2)12-11-10/h7-8H,3-6H2,1-2H3. The number of amides is 1. The topological polar surface area (TPSA) is 51.0 Å². The fourth-order valence-corrected chi connectivity index (χ4v) is 2.22. The van der Waals surface area contributed by atoms with Crippen molar-refractivity contribution in [3.63, 3.8) is 0 Å². The summed E-state index contributed by atoms with van der Waals surface area (Å²) >= 11 is 0. The third-order valence-corrected chi connectivity index (χ3v) is 3.01. The summed E-state index contributed by atoms with van der Waals surface area (Å²) in [6.45, 7) is 5.76. The molecule has 2 heterocycles. The van der Waals surface area contributed by atoms with Crippen LogP contribution < -0.4 is 0 Å². The van der Waals surface area contributed by atoms with E-state index >= 15 is 0 Å². The van der Waals surface area contributed by atoms with Crippen molar-refractivity contribution in [1.29, 1.82) is 0 Å². The summed E-state index contributed by atoms with van der Waals surface area (Å²) in [5, 5.41) is 8.30. The van der Waals surface area contributed by atoms with E-state index in [1.807, 2.05) is 9.58 Å². The number of hydrogen-bond acceptors (Lipinski definition) is 3. The molecule has 1 amide bonds. The average molecular weight is 208 g/mol. The summed E-state index contributed by atoms with van der Waals surface area (Å²) in [4.78, 5) is 12.7. The highest BCUT2D eigenvalue weighted by atomic mass is 16.1. The maximum Gasteiger partial charge on any atom is 0.210 e. The van der Waals surface area contributed by atoms with E-state index < -0.39 is 0 Å². The minimum absolute atomic E-state index is 0.117. The summed E-state index contributed by atoms with van der Waals surface area (Å²) in [5.74, 6) is 0. The Labute approximate surface area is 89.1 Å². The molecule has 0 N–H and O–H groups in total. The first-order chi connectivity index (χ1) is 7.31. The van der Waals surface area contributed by atoms with Gasteiger partial charge in [0.2, 0.25) is 6.41 Å². The molecule has 0 radical (unpaired) electrons. The van der Waals surface area contributed by atoms with E-state index in [4.69, 9.17) is 0 Å². The molecule has 1 atom stereocenters. The highest BCUT2D eigenvalue weighted by Crippen LogP contribution is 2.28. The van der Waals surface area contributed by atoms with Gasteiger partial charge in [-0.2, -0.15) is 0 Å². The molecule has 15 heavy (non-hydrogen) atoms. The molecule has 0 saturated carbocycles. The van der Waals surface area contributed by atoms with E-state index in [2.05, 4.69) is 24.2 Å². The molecule has 0 spiro atoms. The Morgan fingerprint density at radius 3 is 2.93 bits per heavy atom. The Kier molecular flexibility index (Phi) is 2.70. The molecule has 1 aromatic rings. The normalized spacial score (nSPS) is 20.1. The quantitative estimate of drug-likeness (QED) is 0.689. The lowest BCUT2D eigenvalue weighted by Crippen LogP contribution is -2.34. The van der Waals surface area contributed by atoms with Gasteiger partial charge in [0, 0.05) is 19.5 Å². The summed E-state index contributed by atoms with van der Waals surface area (Å²) in [7, 11) is 0. The minimum atomic E-state index is 0.117. The van der Waals surface area contributed by atoms with Crippen LogP contribution >= 0.6 is 0 Å². The first-order valence-electron chi connectivity index (χ1n) is 5.45. The van der Waals surface area contributed by atoms with Crippen molar-refractivity contribution in [2.45, 2.75) is 39.3 Å². The van der Waals surface area contributed by atoms with Gasteiger partial charge in [0.25, 0.3) is 0 Å². The van der Waals surface area contributed by atoms with Crippen LogP contribution in [0.15, 0.2) is 0 Å². The molecule has 1 aliphatic heterocycles. The molecular weight excluding hydrogens is 192 g/mol. The smallest absolute Gasteiger partial charge is 0.210 e. The molecule has 5 heteroatoms. The SMILES string of the molecule is CCC1c2nnn(CC)c2CCN1C=O. The van der Waals surface area contributed by atoms with Gasteiger partial charge in [-0.1, -0.05) is 12.1 Å². The van der Waals surface area contributed by atoms with Crippen molar-refractivity contribution in [1.82, 2.24) is 19.9 Å². The van der Waals surface area contributed by atoms with Gasteiger partial charge in [0.1, 0.15) is 5.69 Å². The van der Waals surface area contributed by atoms with Crippen LogP contribution in [0.3, 0.4) is 0 Å². The van der Waals surface area contributed by atoms with E-state index in [1.54, 1.807) is 0 Å². The summed E-state index contributed by atoms with van der Waals surface area (Å²) < 4.78 is 1.93. The first kappa shape index (κ1) is 10.1. The van der Waals surface area contributed by atoms with Gasteiger partial charge in [-0.15, -0.1) is 5.10 Å². The minimum Gasteiger partial charge on any atom is -0.336 e. The van der Waals surface area contributed by atoms with Crippen molar-refractivity contribution in [2.24, 2.45) is 0 Å². The van der Waals surface area contributed by atoms with Gasteiger partial charge in [-0.3, -0.25) is 4.79 Å². The lowest BCUT2D eigenvalue weighted by molar-refractivity contribution is -0.120. The Hall–Kier alpha value is -1.39. The van der Waals surface area contributed by atoms with E-state index in [9.17, 15) is 4.79 Å². The van der Waals surface area contributed by atoms with Gasteiger partial charge in [0.05, 0.1) is 11.7 Å². The van der Waals surface area contributed by atoms with Crippen LogP contribution in [0.2, 0.25) is 0 Å². The molecular formula is C10H16N4O. The van der Waals surface area contributed by atoms with Gasteiger partial charge in [-0.05, 0) is 13.3 Å². The molecule has 2 rings (SSSR count). The molecule has 0 aromatic carbocycles. The van der Waals surface area contributed by atoms with Gasteiger partial charge >= 0.3 is 0 Å². The summed E-state index contributed by atoms with van der Waals surface area (Å²) in [5.41, 5.74) is 2.18. The number of fused-ring (bicyclic) bond motifs is 1. The zero-order valence-electron chi connectivity index (χ0n) is 9.18. The molecule has 0 aliphatic carbocycles. The summed E-state index contributed by atoms with van der Waals surface area (Å²) in [6, 6.07) is 0.117. The van der Waals surface area contributed by atoms with Gasteiger partial charge in [0.15, 0.2) is 0 Å². The van der Waals surface area contributed by atoms with E-state index in [0.29, 0.717) is 0 Å². The van der Waals surface area contributed by atoms with Crippen molar-refractivity contribution in [2.75, 3.05) is 6.54 Å². The predicted octanol–water partition coefficient (Wildman–Crippen LogP) is 0.764. The second kappa shape index (κ2) is 4.00. The molecule has 1 unspecified atom stereocenters. The Morgan fingerprint density at radius 2 is 2.33 bits per heavy atom. The van der Waals surface area contributed by atoms with Crippen LogP contribution in [0.25, 0.3) is 0 Å². The third kappa shape index (κ3) is 1.52. The Morgan fingerprint density at radius 1 is 1.53 bits per heavy atom. The van der Waals surface area contributed by atoms with Crippen LogP contribution in [-0.4, -0.2) is 32.8 Å². The highest BCUT2D eigenvalue weighted by molar-refractivity contribution is 5.49. The van der Waals surface area contributed by atoms with Crippen LogP contribution in [0.5, 0.6) is 0 Å². The molecule has 1 aliphatic rings. The fourth-order valence-electron chi connectivity index (χ4n) is 2.22. The second-order valence-corrected chi connectivity index (χ2v) is 3.75. The molecule has 1 aromatic heterocycles. The van der Waals surface area contributed by atoms with Crippen molar-refractivity contribution >= 4 is 6.41 Å². The van der Waals surface area contributed by atoms with Crippen LogP contribution in [0.4, 0.5) is 0 Å². The maximum absolute atomic E-state index is 10.9. The zero-order chi connectivity index (χ0) is 10.8. The Balaban J connectivity index is 2.38. The van der Waals surface area contributed by atoms with Crippen molar-refractivity contribution in [3.05, 3.63) is 11.4 Å². The first-order valence-corrected chi connectivity index (χ1v) is 5.45. The lowest BCUT2D eigenvalue weighted by Gasteiger charge is -2.30. The van der Waals surface area contributed by atoms with Crippen LogP contribution in [-0.2, 0) is 17.8 Å². The monoisotopic (exact) mass is 208 g/mol. The molecule has 82 valence electrons. The molecule has 0 bridgehead atoms. The number of rotatable bonds is 3. The maximum atomic E-state index is 10.9. The third-order valence-electron chi connectivity index (χ3n) is 3.01. The average Bonchev–Trinajstić information content (AvgIpc) is 2.70. The number of hydrogen-bond donors (Lipinski definition) is 0. The number of aromatic nitrogens is 3. The zero-order valence-corrected chi connectivity index (χ0v) is 9.18. The van der Waals surface area contributed by atoms with E-state index in [-0.39, 0.29) is 6.04 Å². The van der Waals surface area contributed by atoms with Gasteiger partial charge in [-0.25, -0.2) is 4.68 Å². The van der Waals surface area contributed by atoms with Gasteiger partial charge < -0.3 is 4.90 Å². The largest absolute Gasteiger partial charge is 0.336 e. The molecule has 0 saturated heterocycles. The molecule has 0 fully saturated rings. The number of carbonyl (C=O) groups excluding carboxylic acids is 1. The van der Waals surface area contributed by atoms with E-state index in [0.717, 1.165) is 38.0 Å². The lowest BCUT2D eigenvalue weighted by atomic mass is 10.0. The Bertz CT molecular complexity index is 360. The van der Waals surface area contributed by atoms with E-state index in [1.165, 1.54) is 5.69 Å². The fraction of sp³-hybridized carbons (Fsp3) is 0.700. The number of nitrogens with zero attached hydrogens (tertiary/aromatic N) is 4. The molecule has 5 nitrogen and oxygen atoms in total. The van der Waals surface area contributed by atoms with Crippen molar-refractivity contribution in [3.8, 4) is 0 Å². The second-order valence-electron chi connectivity index (χ2n) is 3.75.